The average Bonchev–Trinajstić information content (AvgIpc) is 3.12. The van der Waals surface area contributed by atoms with Crippen LogP contribution in [0, 0.1) is 0 Å². The Hall–Kier alpha value is -1.99. The van der Waals surface area contributed by atoms with Crippen LogP contribution in [0.1, 0.15) is 9.67 Å². The molecule has 1 amide bonds. The summed E-state index contributed by atoms with van der Waals surface area (Å²) in [4.78, 5) is 13.2. The van der Waals surface area contributed by atoms with Crippen molar-refractivity contribution in [3.63, 3.8) is 0 Å². The van der Waals surface area contributed by atoms with Gasteiger partial charge in [0.15, 0.2) is 0 Å². The number of anilines is 1. The van der Waals surface area contributed by atoms with Gasteiger partial charge in [0.05, 0.1) is 9.75 Å². The van der Waals surface area contributed by atoms with Gasteiger partial charge in [0.25, 0.3) is 11.8 Å². The van der Waals surface area contributed by atoms with Crippen LogP contribution >= 0.6 is 22.7 Å². The van der Waals surface area contributed by atoms with Gasteiger partial charge in [0.1, 0.15) is 0 Å². The zero-order chi connectivity index (χ0) is 12.4. The Morgan fingerprint density at radius 2 is 2.00 bits per heavy atom. The van der Waals surface area contributed by atoms with Crippen LogP contribution in [-0.4, -0.2) is 16.1 Å². The Kier molecular flexibility index (Phi) is 2.91. The number of nitrogens with zero attached hydrogens (tertiary/aromatic N) is 2. The normalized spacial score (nSPS) is 10.4. The highest BCUT2D eigenvalue weighted by molar-refractivity contribution is 7.13. The van der Waals surface area contributed by atoms with Crippen molar-refractivity contribution in [3.8, 4) is 10.8 Å². The fourth-order valence-electron chi connectivity index (χ4n) is 1.34. The van der Waals surface area contributed by atoms with Gasteiger partial charge in [-0.05, 0) is 22.9 Å². The molecule has 0 spiro atoms. The molecule has 18 heavy (non-hydrogen) atoms. The summed E-state index contributed by atoms with van der Waals surface area (Å²) in [6, 6.07) is 7.43. The topological polar surface area (TPSA) is 68.0 Å². The predicted octanol–water partition coefficient (Wildman–Crippen LogP) is 3.11. The highest BCUT2D eigenvalue weighted by Crippen LogP contribution is 2.24. The maximum atomic E-state index is 11.7. The summed E-state index contributed by atoms with van der Waals surface area (Å²) < 4.78 is 5.36. The van der Waals surface area contributed by atoms with Crippen LogP contribution in [0.5, 0.6) is 0 Å². The smallest absolute Gasteiger partial charge is 0.322 e. The van der Waals surface area contributed by atoms with Gasteiger partial charge in [-0.15, -0.1) is 27.8 Å². The summed E-state index contributed by atoms with van der Waals surface area (Å²) in [5, 5.41) is 14.0. The van der Waals surface area contributed by atoms with Crippen LogP contribution in [0.25, 0.3) is 10.8 Å². The van der Waals surface area contributed by atoms with Gasteiger partial charge in [-0.1, -0.05) is 17.2 Å². The van der Waals surface area contributed by atoms with Crippen molar-refractivity contribution in [2.45, 2.75) is 0 Å². The van der Waals surface area contributed by atoms with Gasteiger partial charge < -0.3 is 4.42 Å². The third-order valence-electron chi connectivity index (χ3n) is 2.12. The molecule has 3 rings (SSSR count). The number of carbonyl (C=O) groups is 1. The molecule has 90 valence electrons. The van der Waals surface area contributed by atoms with Crippen LogP contribution in [0.15, 0.2) is 39.4 Å². The predicted molar refractivity (Wildman–Crippen MR) is 69.9 cm³/mol. The number of amides is 1. The van der Waals surface area contributed by atoms with Crippen LogP contribution in [0.3, 0.4) is 0 Å². The molecule has 0 saturated carbocycles. The van der Waals surface area contributed by atoms with Crippen LogP contribution in [-0.2, 0) is 0 Å². The van der Waals surface area contributed by atoms with Crippen molar-refractivity contribution in [1.82, 2.24) is 10.2 Å². The highest BCUT2D eigenvalue weighted by Gasteiger charge is 2.13. The van der Waals surface area contributed by atoms with E-state index in [1.165, 1.54) is 22.7 Å². The van der Waals surface area contributed by atoms with Crippen LogP contribution in [0.2, 0.25) is 0 Å². The van der Waals surface area contributed by atoms with Crippen molar-refractivity contribution in [1.29, 1.82) is 0 Å². The minimum Gasteiger partial charge on any atom is -0.402 e. The second-order valence-corrected chi connectivity index (χ2v) is 5.22. The highest BCUT2D eigenvalue weighted by atomic mass is 32.1. The fraction of sp³-hybridized carbons (Fsp3) is 0. The quantitative estimate of drug-likeness (QED) is 0.798. The minimum absolute atomic E-state index is 0.108. The molecule has 7 heteroatoms. The molecule has 0 saturated heterocycles. The Balaban J connectivity index is 1.76. The lowest BCUT2D eigenvalue weighted by atomic mass is 10.4. The molecular formula is C11H7N3O2S2. The number of nitrogens with one attached hydrogen (secondary N) is 1. The molecule has 5 nitrogen and oxygen atoms in total. The molecular weight excluding hydrogens is 270 g/mol. The number of hydrogen-bond donors (Lipinski definition) is 1. The second-order valence-electron chi connectivity index (χ2n) is 3.32. The van der Waals surface area contributed by atoms with E-state index >= 15 is 0 Å². The first-order valence-corrected chi connectivity index (χ1v) is 6.81. The zero-order valence-electron chi connectivity index (χ0n) is 8.99. The lowest BCUT2D eigenvalue weighted by Crippen LogP contribution is -2.10. The number of rotatable bonds is 3. The van der Waals surface area contributed by atoms with E-state index in [0.717, 1.165) is 4.88 Å². The summed E-state index contributed by atoms with van der Waals surface area (Å²) in [5.41, 5.74) is 0. The summed E-state index contributed by atoms with van der Waals surface area (Å²) in [6.07, 6.45) is 0. The Labute approximate surface area is 110 Å². The Bertz CT molecular complexity index is 644. The molecule has 0 atom stereocenters. The number of hydrogen-bond acceptors (Lipinski definition) is 6. The van der Waals surface area contributed by atoms with Crippen molar-refractivity contribution in [2.75, 3.05) is 5.32 Å². The molecule has 0 aliphatic rings. The molecule has 3 aromatic heterocycles. The van der Waals surface area contributed by atoms with E-state index in [9.17, 15) is 4.79 Å². The summed E-state index contributed by atoms with van der Waals surface area (Å²) in [5.74, 6) is 0.165. The first-order valence-electron chi connectivity index (χ1n) is 5.05. The van der Waals surface area contributed by atoms with E-state index in [1.54, 1.807) is 6.07 Å². The molecule has 3 aromatic rings. The van der Waals surface area contributed by atoms with E-state index in [-0.39, 0.29) is 11.9 Å². The number of aromatic nitrogens is 2. The van der Waals surface area contributed by atoms with Gasteiger partial charge in [-0.3, -0.25) is 10.1 Å². The van der Waals surface area contributed by atoms with Crippen molar-refractivity contribution < 1.29 is 9.21 Å². The molecule has 0 bridgehead atoms. The summed E-state index contributed by atoms with van der Waals surface area (Å²) >= 11 is 2.85. The van der Waals surface area contributed by atoms with Gasteiger partial charge in [-0.25, -0.2) is 0 Å². The van der Waals surface area contributed by atoms with Gasteiger partial charge in [0.2, 0.25) is 0 Å². The monoisotopic (exact) mass is 277 g/mol. The van der Waals surface area contributed by atoms with Crippen molar-refractivity contribution in [2.24, 2.45) is 0 Å². The zero-order valence-corrected chi connectivity index (χ0v) is 10.6. The van der Waals surface area contributed by atoms with Crippen molar-refractivity contribution >= 4 is 34.6 Å². The molecule has 0 fully saturated rings. The van der Waals surface area contributed by atoms with Gasteiger partial charge in [-0.2, -0.15) is 0 Å². The molecule has 0 radical (unpaired) electrons. The third-order valence-corrected chi connectivity index (χ3v) is 3.85. The van der Waals surface area contributed by atoms with Crippen LogP contribution < -0.4 is 5.32 Å². The van der Waals surface area contributed by atoms with E-state index < -0.39 is 0 Å². The molecule has 3 heterocycles. The summed E-state index contributed by atoms with van der Waals surface area (Å²) in [6.45, 7) is 0. The second kappa shape index (κ2) is 4.71. The van der Waals surface area contributed by atoms with Gasteiger partial charge >= 0.3 is 6.01 Å². The largest absolute Gasteiger partial charge is 0.402 e. The van der Waals surface area contributed by atoms with Crippen molar-refractivity contribution in [3.05, 3.63) is 39.9 Å². The van der Waals surface area contributed by atoms with Crippen LogP contribution in [0.4, 0.5) is 6.01 Å². The molecule has 0 aliphatic heterocycles. The Morgan fingerprint density at radius 1 is 1.17 bits per heavy atom. The lowest BCUT2D eigenvalue weighted by Gasteiger charge is -1.95. The number of carbonyl (C=O) groups excluding carboxylic acids is 1. The first-order chi connectivity index (χ1) is 8.83. The molecule has 0 unspecified atom stereocenters. The minimum atomic E-state index is -0.244. The van der Waals surface area contributed by atoms with Gasteiger partial charge in [0, 0.05) is 0 Å². The summed E-state index contributed by atoms with van der Waals surface area (Å²) in [7, 11) is 0. The standard InChI is InChI=1S/C11H7N3O2S2/c15-9(7-3-1-5-17-7)12-11-14-13-10(16-11)8-4-2-6-18-8/h1-6H,(H,12,14,15). The number of thiophene rings is 2. The lowest BCUT2D eigenvalue weighted by molar-refractivity contribution is 0.102. The molecule has 0 aromatic carbocycles. The maximum Gasteiger partial charge on any atom is 0.322 e. The average molecular weight is 277 g/mol. The first kappa shape index (κ1) is 11.1. The maximum absolute atomic E-state index is 11.7. The van der Waals surface area contributed by atoms with E-state index in [2.05, 4.69) is 15.5 Å². The SMILES string of the molecule is O=C(Nc1nnc(-c2cccs2)o1)c1cccs1. The van der Waals surface area contributed by atoms with E-state index in [4.69, 9.17) is 4.42 Å². The molecule has 1 N–H and O–H groups in total. The fourth-order valence-corrected chi connectivity index (χ4v) is 2.60. The van der Waals surface area contributed by atoms with E-state index in [1.807, 2.05) is 29.0 Å². The Morgan fingerprint density at radius 3 is 2.72 bits per heavy atom. The molecule has 0 aliphatic carbocycles. The third kappa shape index (κ3) is 2.18. The van der Waals surface area contributed by atoms with E-state index in [0.29, 0.717) is 10.8 Å².